The molecule has 1 saturated heterocycles. The van der Waals surface area contributed by atoms with E-state index in [9.17, 15) is 0 Å². The maximum absolute atomic E-state index is 5.33. The van der Waals surface area contributed by atoms with E-state index in [4.69, 9.17) is 9.47 Å². The van der Waals surface area contributed by atoms with Crippen molar-refractivity contribution >= 4 is 15.9 Å². The highest BCUT2D eigenvalue weighted by Crippen LogP contribution is 2.38. The number of halogens is 1. The Kier molecular flexibility index (Phi) is 3.71. The standard InChI is InChI=1S/C12H16BrNO2/c1-15-10-6-8(9-4-3-5-14-9)7-11(16-2)12(10)13/h6-7,9,14H,3-5H2,1-2H3/t9-/m0/s1. The maximum Gasteiger partial charge on any atom is 0.137 e. The van der Waals surface area contributed by atoms with Crippen LogP contribution in [0.15, 0.2) is 16.6 Å². The first-order chi connectivity index (χ1) is 7.76. The van der Waals surface area contributed by atoms with Crippen LogP contribution in [0.2, 0.25) is 0 Å². The quantitative estimate of drug-likeness (QED) is 0.926. The van der Waals surface area contributed by atoms with Crippen molar-refractivity contribution in [1.82, 2.24) is 5.32 Å². The Morgan fingerprint density at radius 1 is 1.25 bits per heavy atom. The van der Waals surface area contributed by atoms with Crippen LogP contribution in [0.4, 0.5) is 0 Å². The molecule has 1 aliphatic heterocycles. The zero-order chi connectivity index (χ0) is 11.5. The van der Waals surface area contributed by atoms with Crippen LogP contribution in [0.5, 0.6) is 11.5 Å². The molecule has 0 unspecified atom stereocenters. The molecule has 1 aromatic carbocycles. The predicted octanol–water partition coefficient (Wildman–Crippen LogP) is 2.89. The Morgan fingerprint density at radius 3 is 2.31 bits per heavy atom. The number of hydrogen-bond donors (Lipinski definition) is 1. The summed E-state index contributed by atoms with van der Waals surface area (Å²) in [6, 6.07) is 4.56. The van der Waals surface area contributed by atoms with Crippen LogP contribution in [0, 0.1) is 0 Å². The molecule has 0 aliphatic carbocycles. The van der Waals surface area contributed by atoms with Crippen molar-refractivity contribution in [2.24, 2.45) is 0 Å². The van der Waals surface area contributed by atoms with Gasteiger partial charge in [0.05, 0.1) is 14.2 Å². The van der Waals surface area contributed by atoms with Crippen molar-refractivity contribution in [3.05, 3.63) is 22.2 Å². The summed E-state index contributed by atoms with van der Waals surface area (Å²) in [5.41, 5.74) is 1.23. The van der Waals surface area contributed by atoms with Crippen LogP contribution in [0.25, 0.3) is 0 Å². The second-order valence-corrected chi connectivity index (χ2v) is 4.68. The van der Waals surface area contributed by atoms with Crippen molar-refractivity contribution in [3.63, 3.8) is 0 Å². The lowest BCUT2D eigenvalue weighted by atomic mass is 10.0. The molecule has 16 heavy (non-hydrogen) atoms. The van der Waals surface area contributed by atoms with Crippen LogP contribution in [0.3, 0.4) is 0 Å². The molecule has 3 nitrogen and oxygen atoms in total. The number of benzene rings is 1. The molecule has 88 valence electrons. The highest BCUT2D eigenvalue weighted by Gasteiger charge is 2.19. The molecule has 1 atom stereocenters. The molecule has 1 fully saturated rings. The highest BCUT2D eigenvalue weighted by molar-refractivity contribution is 9.10. The van der Waals surface area contributed by atoms with Gasteiger partial charge in [0.1, 0.15) is 16.0 Å². The monoisotopic (exact) mass is 285 g/mol. The SMILES string of the molecule is COc1cc([C@@H]2CCCN2)cc(OC)c1Br. The molecule has 0 saturated carbocycles. The van der Waals surface area contributed by atoms with Gasteiger partial charge in [0.2, 0.25) is 0 Å². The fourth-order valence-electron chi connectivity index (χ4n) is 2.06. The van der Waals surface area contributed by atoms with Gasteiger partial charge in [-0.1, -0.05) is 0 Å². The number of rotatable bonds is 3. The smallest absolute Gasteiger partial charge is 0.137 e. The molecular formula is C12H16BrNO2. The van der Waals surface area contributed by atoms with E-state index in [2.05, 4.69) is 33.4 Å². The summed E-state index contributed by atoms with van der Waals surface area (Å²) in [4.78, 5) is 0. The van der Waals surface area contributed by atoms with E-state index in [-0.39, 0.29) is 0 Å². The summed E-state index contributed by atoms with van der Waals surface area (Å²) in [5, 5.41) is 3.47. The van der Waals surface area contributed by atoms with Gasteiger partial charge in [0.25, 0.3) is 0 Å². The third-order valence-corrected chi connectivity index (χ3v) is 3.71. The first-order valence-electron chi connectivity index (χ1n) is 5.41. The summed E-state index contributed by atoms with van der Waals surface area (Å²) in [7, 11) is 3.34. The normalized spacial score (nSPS) is 19.8. The van der Waals surface area contributed by atoms with Gasteiger partial charge in [-0.3, -0.25) is 0 Å². The first-order valence-corrected chi connectivity index (χ1v) is 6.20. The summed E-state index contributed by atoms with van der Waals surface area (Å²) in [5.74, 6) is 1.64. The Balaban J connectivity index is 2.37. The lowest BCUT2D eigenvalue weighted by Gasteiger charge is -2.15. The number of nitrogens with one attached hydrogen (secondary N) is 1. The molecule has 0 aromatic heterocycles. The van der Waals surface area contributed by atoms with Crippen LogP contribution in [-0.2, 0) is 0 Å². The summed E-state index contributed by atoms with van der Waals surface area (Å²) in [6.45, 7) is 1.09. The first kappa shape index (κ1) is 11.7. The largest absolute Gasteiger partial charge is 0.495 e. The minimum atomic E-state index is 0.427. The molecule has 4 heteroatoms. The zero-order valence-electron chi connectivity index (χ0n) is 9.55. The molecule has 0 bridgehead atoms. The fourth-order valence-corrected chi connectivity index (χ4v) is 2.61. The van der Waals surface area contributed by atoms with Crippen molar-refractivity contribution in [1.29, 1.82) is 0 Å². The van der Waals surface area contributed by atoms with Gasteiger partial charge >= 0.3 is 0 Å². The van der Waals surface area contributed by atoms with Gasteiger partial charge in [-0.25, -0.2) is 0 Å². The van der Waals surface area contributed by atoms with Crippen LogP contribution >= 0.6 is 15.9 Å². The molecule has 0 radical (unpaired) electrons. The number of methoxy groups -OCH3 is 2. The highest BCUT2D eigenvalue weighted by atomic mass is 79.9. The molecule has 1 aromatic rings. The van der Waals surface area contributed by atoms with E-state index in [1.54, 1.807) is 14.2 Å². The third-order valence-electron chi connectivity index (χ3n) is 2.93. The van der Waals surface area contributed by atoms with E-state index in [0.717, 1.165) is 22.5 Å². The lowest BCUT2D eigenvalue weighted by Crippen LogP contribution is -2.13. The predicted molar refractivity (Wildman–Crippen MR) is 67.2 cm³/mol. The summed E-state index contributed by atoms with van der Waals surface area (Å²) in [6.07, 6.45) is 2.40. The second-order valence-electron chi connectivity index (χ2n) is 3.89. The Bertz CT molecular complexity index is 350. The van der Waals surface area contributed by atoms with E-state index < -0.39 is 0 Å². The van der Waals surface area contributed by atoms with Crippen molar-refractivity contribution in [2.75, 3.05) is 20.8 Å². The third kappa shape index (κ3) is 2.18. The topological polar surface area (TPSA) is 30.5 Å². The molecular weight excluding hydrogens is 270 g/mol. The van der Waals surface area contributed by atoms with Crippen molar-refractivity contribution < 1.29 is 9.47 Å². The van der Waals surface area contributed by atoms with Gasteiger partial charge in [-0.2, -0.15) is 0 Å². The summed E-state index contributed by atoms with van der Waals surface area (Å²) >= 11 is 3.47. The lowest BCUT2D eigenvalue weighted by molar-refractivity contribution is 0.387. The summed E-state index contributed by atoms with van der Waals surface area (Å²) < 4.78 is 11.5. The Hall–Kier alpha value is -0.740. The molecule has 0 amide bonds. The average Bonchev–Trinajstić information content (AvgIpc) is 2.83. The fraction of sp³-hybridized carbons (Fsp3) is 0.500. The number of hydrogen-bond acceptors (Lipinski definition) is 3. The molecule has 1 heterocycles. The van der Waals surface area contributed by atoms with Crippen molar-refractivity contribution in [3.8, 4) is 11.5 Å². The molecule has 1 aliphatic rings. The van der Waals surface area contributed by atoms with Gasteiger partial charge in [-0.15, -0.1) is 0 Å². The molecule has 2 rings (SSSR count). The van der Waals surface area contributed by atoms with Crippen molar-refractivity contribution in [2.45, 2.75) is 18.9 Å². The van der Waals surface area contributed by atoms with Crippen LogP contribution in [-0.4, -0.2) is 20.8 Å². The Morgan fingerprint density at radius 2 is 1.88 bits per heavy atom. The van der Waals surface area contributed by atoms with Gasteiger partial charge in [-0.05, 0) is 53.0 Å². The minimum Gasteiger partial charge on any atom is -0.495 e. The van der Waals surface area contributed by atoms with Crippen LogP contribution in [0.1, 0.15) is 24.4 Å². The van der Waals surface area contributed by atoms with Crippen LogP contribution < -0.4 is 14.8 Å². The average molecular weight is 286 g/mol. The number of ether oxygens (including phenoxy) is 2. The van der Waals surface area contributed by atoms with Gasteiger partial charge in [0, 0.05) is 6.04 Å². The zero-order valence-corrected chi connectivity index (χ0v) is 11.1. The Labute approximate surface area is 104 Å². The maximum atomic E-state index is 5.33. The van der Waals surface area contributed by atoms with Gasteiger partial charge in [0.15, 0.2) is 0 Å². The molecule has 0 spiro atoms. The molecule has 1 N–H and O–H groups in total. The second kappa shape index (κ2) is 5.06. The van der Waals surface area contributed by atoms with Gasteiger partial charge < -0.3 is 14.8 Å². The van der Waals surface area contributed by atoms with E-state index in [0.29, 0.717) is 6.04 Å². The minimum absolute atomic E-state index is 0.427. The van der Waals surface area contributed by atoms with E-state index in [1.165, 1.54) is 18.4 Å². The van der Waals surface area contributed by atoms with E-state index >= 15 is 0 Å². The van der Waals surface area contributed by atoms with E-state index in [1.807, 2.05) is 0 Å².